The molecule has 0 aliphatic carbocycles. The van der Waals surface area contributed by atoms with Crippen molar-refractivity contribution in [1.82, 2.24) is 20.0 Å². The third kappa shape index (κ3) is 3.06. The van der Waals surface area contributed by atoms with E-state index in [4.69, 9.17) is 4.52 Å². The fraction of sp³-hybridized carbons (Fsp3) is 0.556. The monoisotopic (exact) mass is 373 g/mol. The first kappa shape index (κ1) is 17.3. The van der Waals surface area contributed by atoms with E-state index in [1.54, 1.807) is 6.20 Å². The summed E-state index contributed by atoms with van der Waals surface area (Å²) in [4.78, 5) is 26.2. The summed E-state index contributed by atoms with van der Waals surface area (Å²) in [6.07, 6.45) is 5.74. The van der Waals surface area contributed by atoms with Crippen molar-refractivity contribution < 1.29 is 9.32 Å². The van der Waals surface area contributed by atoms with E-state index in [-0.39, 0.29) is 17.9 Å². The van der Waals surface area contributed by atoms with E-state index in [2.05, 4.69) is 20.0 Å². The van der Waals surface area contributed by atoms with Crippen LogP contribution in [0.2, 0.25) is 0 Å². The number of aryl methyl sites for hydroxylation is 2. The molecule has 2 bridgehead atoms. The fourth-order valence-electron chi connectivity index (χ4n) is 3.94. The summed E-state index contributed by atoms with van der Waals surface area (Å²) in [6.45, 7) is 5.94. The van der Waals surface area contributed by atoms with Crippen molar-refractivity contribution in [1.29, 1.82) is 0 Å². The zero-order chi connectivity index (χ0) is 18.3. The normalized spacial score (nSPS) is 22.8. The van der Waals surface area contributed by atoms with E-state index in [9.17, 15) is 4.79 Å². The van der Waals surface area contributed by atoms with E-state index in [1.165, 1.54) is 11.8 Å². The van der Waals surface area contributed by atoms with Crippen molar-refractivity contribution >= 4 is 23.5 Å². The molecular formula is C18H23N5O2S. The van der Waals surface area contributed by atoms with Crippen LogP contribution in [0.4, 0.5) is 5.82 Å². The van der Waals surface area contributed by atoms with Gasteiger partial charge in [-0.1, -0.05) is 16.9 Å². The van der Waals surface area contributed by atoms with Gasteiger partial charge in [0.15, 0.2) is 5.16 Å². The Bertz CT molecular complexity index is 804. The number of rotatable bonds is 4. The highest BCUT2D eigenvalue weighted by Gasteiger charge is 2.41. The number of hydrogen-bond donors (Lipinski definition) is 0. The first-order valence-corrected chi connectivity index (χ1v) is 10.1. The largest absolute Gasteiger partial charge is 0.361 e. The number of hydrogen-bond acceptors (Lipinski definition) is 7. The molecule has 7 nitrogen and oxygen atoms in total. The average molecular weight is 373 g/mol. The number of fused-ring (bicyclic) bond motifs is 4. The molecule has 0 aromatic carbocycles. The zero-order valence-corrected chi connectivity index (χ0v) is 16.1. The highest BCUT2D eigenvalue weighted by molar-refractivity contribution is 7.98. The molecule has 8 heteroatoms. The molecular weight excluding hydrogens is 350 g/mol. The van der Waals surface area contributed by atoms with Gasteiger partial charge in [-0.3, -0.25) is 4.79 Å². The number of aromatic nitrogens is 3. The molecule has 5 rings (SSSR count). The first-order chi connectivity index (χ1) is 12.6. The highest BCUT2D eigenvalue weighted by atomic mass is 32.2. The van der Waals surface area contributed by atoms with Gasteiger partial charge < -0.3 is 14.3 Å². The topological polar surface area (TPSA) is 75.4 Å². The highest BCUT2D eigenvalue weighted by Crippen LogP contribution is 2.33. The smallest absolute Gasteiger partial charge is 0.228 e. The molecule has 26 heavy (non-hydrogen) atoms. The van der Waals surface area contributed by atoms with E-state index in [0.29, 0.717) is 6.54 Å². The molecule has 2 unspecified atom stereocenters. The average Bonchev–Trinajstić information content (AvgIpc) is 2.83. The van der Waals surface area contributed by atoms with Crippen molar-refractivity contribution in [3.05, 3.63) is 29.3 Å². The van der Waals surface area contributed by atoms with Gasteiger partial charge >= 0.3 is 0 Å². The minimum absolute atomic E-state index is 0.0157. The summed E-state index contributed by atoms with van der Waals surface area (Å²) in [5.74, 6) is 1.96. The van der Waals surface area contributed by atoms with Crippen molar-refractivity contribution in [2.24, 2.45) is 5.92 Å². The maximum absolute atomic E-state index is 13.1. The Morgan fingerprint density at radius 1 is 1.31 bits per heavy atom. The number of anilines is 1. The second kappa shape index (κ2) is 6.90. The minimum atomic E-state index is 0.0157. The van der Waals surface area contributed by atoms with Crippen molar-refractivity contribution in [3.8, 4) is 0 Å². The Hall–Kier alpha value is -2.09. The lowest BCUT2D eigenvalue weighted by molar-refractivity contribution is -0.140. The predicted octanol–water partition coefficient (Wildman–Crippen LogP) is 2.43. The van der Waals surface area contributed by atoms with Crippen LogP contribution in [-0.2, 0) is 11.3 Å². The molecule has 3 saturated heterocycles. The van der Waals surface area contributed by atoms with Gasteiger partial charge in [-0.25, -0.2) is 9.97 Å². The van der Waals surface area contributed by atoms with E-state index in [0.717, 1.165) is 53.9 Å². The number of nitrogens with zero attached hydrogens (tertiary/aromatic N) is 5. The van der Waals surface area contributed by atoms with Gasteiger partial charge in [0.25, 0.3) is 0 Å². The van der Waals surface area contributed by atoms with Crippen LogP contribution in [0.15, 0.2) is 21.9 Å². The second-order valence-electron chi connectivity index (χ2n) is 7.00. The van der Waals surface area contributed by atoms with Gasteiger partial charge in [0.05, 0.1) is 18.2 Å². The van der Waals surface area contributed by atoms with Crippen LogP contribution in [0, 0.1) is 19.8 Å². The molecule has 3 aliphatic heterocycles. The van der Waals surface area contributed by atoms with Gasteiger partial charge in [-0.05, 0) is 39.0 Å². The van der Waals surface area contributed by atoms with Crippen LogP contribution in [-0.4, -0.2) is 51.3 Å². The Kier molecular flexibility index (Phi) is 4.60. The summed E-state index contributed by atoms with van der Waals surface area (Å²) in [6, 6.07) is 2.12. The third-order valence-corrected chi connectivity index (χ3v) is 5.99. The molecule has 2 atom stereocenters. The fourth-order valence-corrected chi connectivity index (χ4v) is 4.29. The van der Waals surface area contributed by atoms with E-state index >= 15 is 0 Å². The lowest BCUT2D eigenvalue weighted by atomic mass is 9.93. The minimum Gasteiger partial charge on any atom is -0.361 e. The molecule has 3 aliphatic rings. The van der Waals surface area contributed by atoms with Crippen molar-refractivity contribution in [3.63, 3.8) is 0 Å². The number of carbonyl (C=O) groups excluding carboxylic acids is 1. The van der Waals surface area contributed by atoms with Crippen LogP contribution in [0.25, 0.3) is 0 Å². The molecule has 138 valence electrons. The number of piperidine rings is 1. The Morgan fingerprint density at radius 3 is 2.88 bits per heavy atom. The van der Waals surface area contributed by atoms with Crippen LogP contribution in [0.3, 0.4) is 0 Å². The lowest BCUT2D eigenvalue weighted by Gasteiger charge is -2.35. The molecule has 5 heterocycles. The summed E-state index contributed by atoms with van der Waals surface area (Å²) in [5, 5.41) is 4.79. The van der Waals surface area contributed by atoms with Crippen LogP contribution in [0.1, 0.15) is 29.9 Å². The van der Waals surface area contributed by atoms with Crippen molar-refractivity contribution in [2.75, 3.05) is 24.2 Å². The van der Waals surface area contributed by atoms with Crippen LogP contribution >= 0.6 is 11.8 Å². The maximum atomic E-state index is 13.1. The number of carbonyl (C=O) groups is 1. The van der Waals surface area contributed by atoms with Crippen LogP contribution in [0.5, 0.6) is 0 Å². The predicted molar refractivity (Wildman–Crippen MR) is 99.1 cm³/mol. The van der Waals surface area contributed by atoms with E-state index < -0.39 is 0 Å². The quantitative estimate of drug-likeness (QED) is 0.602. The summed E-state index contributed by atoms with van der Waals surface area (Å²) < 4.78 is 5.28. The lowest BCUT2D eigenvalue weighted by Crippen LogP contribution is -2.47. The van der Waals surface area contributed by atoms with Gasteiger partial charge in [0, 0.05) is 30.9 Å². The summed E-state index contributed by atoms with van der Waals surface area (Å²) in [7, 11) is 0. The molecule has 2 aromatic rings. The molecule has 2 aromatic heterocycles. The molecule has 0 saturated carbocycles. The Balaban J connectivity index is 1.60. The third-order valence-electron chi connectivity index (χ3n) is 5.43. The van der Waals surface area contributed by atoms with Crippen LogP contribution < -0.4 is 4.90 Å². The molecule has 0 N–H and O–H groups in total. The van der Waals surface area contributed by atoms with Crippen molar-refractivity contribution in [2.45, 2.75) is 44.4 Å². The number of thioether (sulfide) groups is 1. The molecule has 0 spiro atoms. The van der Waals surface area contributed by atoms with Gasteiger partial charge in [-0.15, -0.1) is 0 Å². The standard InChI is InChI=1S/C18H23N5O2S/c1-11-15(12(2)25-21-11)10-23-14-5-4-13(17(23)24)8-22(9-14)16-6-7-19-18(20-16)26-3/h6-7,13-14H,4-5,8-10H2,1-3H3. The first-order valence-electron chi connectivity index (χ1n) is 8.91. The maximum Gasteiger partial charge on any atom is 0.228 e. The van der Waals surface area contributed by atoms with E-state index in [1.807, 2.05) is 31.1 Å². The molecule has 0 radical (unpaired) electrons. The zero-order valence-electron chi connectivity index (χ0n) is 15.3. The number of amides is 1. The van der Waals surface area contributed by atoms with Gasteiger partial charge in [0.1, 0.15) is 11.6 Å². The van der Waals surface area contributed by atoms with Gasteiger partial charge in [-0.2, -0.15) is 0 Å². The summed E-state index contributed by atoms with van der Waals surface area (Å²) in [5.41, 5.74) is 1.90. The second-order valence-corrected chi connectivity index (χ2v) is 7.78. The van der Waals surface area contributed by atoms with Gasteiger partial charge in [0.2, 0.25) is 5.91 Å². The molecule has 1 amide bonds. The Morgan fingerprint density at radius 2 is 2.15 bits per heavy atom. The SMILES string of the molecule is CSc1nccc(N2CC3CCC(C2)N(Cc2c(C)noc2C)C3=O)n1. The summed E-state index contributed by atoms with van der Waals surface area (Å²) >= 11 is 1.53. The Labute approximate surface area is 157 Å². The molecule has 3 fully saturated rings.